The van der Waals surface area contributed by atoms with Gasteiger partial charge in [-0.3, -0.25) is 11.3 Å². The molecule has 1 atom stereocenters. The third kappa shape index (κ3) is 3.35. The molecular weight excluding hydrogens is 240 g/mol. The van der Waals surface area contributed by atoms with E-state index < -0.39 is 0 Å². The fourth-order valence-corrected chi connectivity index (χ4v) is 2.37. The zero-order valence-electron chi connectivity index (χ0n) is 10.5. The summed E-state index contributed by atoms with van der Waals surface area (Å²) in [5, 5.41) is 0. The van der Waals surface area contributed by atoms with Gasteiger partial charge in [-0.1, -0.05) is 42.5 Å². The van der Waals surface area contributed by atoms with Crippen molar-refractivity contribution in [3.8, 4) is 0 Å². The molecule has 2 rings (SSSR count). The lowest BCUT2D eigenvalue weighted by Crippen LogP contribution is -2.29. The van der Waals surface area contributed by atoms with Crippen molar-refractivity contribution in [3.05, 3.63) is 65.7 Å². The second kappa shape index (κ2) is 6.59. The van der Waals surface area contributed by atoms with Crippen LogP contribution in [0.15, 0.2) is 59.5 Å². The summed E-state index contributed by atoms with van der Waals surface area (Å²) in [5.41, 5.74) is 5.41. The molecule has 0 fully saturated rings. The van der Waals surface area contributed by atoms with Crippen molar-refractivity contribution in [2.24, 2.45) is 5.84 Å². The molecule has 0 bridgehead atoms. The molecule has 0 heterocycles. The summed E-state index contributed by atoms with van der Waals surface area (Å²) in [6, 6.07) is 19.1. The maximum absolute atomic E-state index is 5.67. The molecule has 0 aliphatic heterocycles. The van der Waals surface area contributed by atoms with Crippen molar-refractivity contribution in [2.45, 2.75) is 17.4 Å². The highest BCUT2D eigenvalue weighted by Gasteiger charge is 2.10. The second-order valence-corrected chi connectivity index (χ2v) is 5.06. The maximum atomic E-state index is 5.67. The van der Waals surface area contributed by atoms with Crippen LogP contribution < -0.4 is 11.3 Å². The van der Waals surface area contributed by atoms with Crippen molar-refractivity contribution in [1.29, 1.82) is 0 Å². The van der Waals surface area contributed by atoms with Crippen molar-refractivity contribution >= 4 is 11.8 Å². The topological polar surface area (TPSA) is 38.0 Å². The predicted octanol–water partition coefficient (Wildman–Crippen LogP) is 3.16. The zero-order valence-corrected chi connectivity index (χ0v) is 11.3. The van der Waals surface area contributed by atoms with E-state index in [-0.39, 0.29) is 6.04 Å². The number of hydrazine groups is 1. The van der Waals surface area contributed by atoms with Gasteiger partial charge in [0.2, 0.25) is 0 Å². The van der Waals surface area contributed by atoms with E-state index in [2.05, 4.69) is 60.2 Å². The van der Waals surface area contributed by atoms with Crippen molar-refractivity contribution in [3.63, 3.8) is 0 Å². The Morgan fingerprint density at radius 3 is 2.28 bits per heavy atom. The third-order valence-corrected chi connectivity index (χ3v) is 3.75. The van der Waals surface area contributed by atoms with E-state index in [1.54, 1.807) is 11.8 Å². The maximum Gasteiger partial charge on any atom is 0.0500 e. The molecule has 2 aromatic rings. The number of nitrogens with two attached hydrogens (primary N) is 1. The van der Waals surface area contributed by atoms with E-state index in [0.717, 1.165) is 6.42 Å². The number of hydrogen-bond donors (Lipinski definition) is 2. The van der Waals surface area contributed by atoms with Crippen LogP contribution in [0.5, 0.6) is 0 Å². The van der Waals surface area contributed by atoms with Crippen molar-refractivity contribution < 1.29 is 0 Å². The minimum Gasteiger partial charge on any atom is -0.271 e. The molecule has 0 spiro atoms. The lowest BCUT2D eigenvalue weighted by Gasteiger charge is -2.16. The zero-order chi connectivity index (χ0) is 12.8. The number of hydrogen-bond acceptors (Lipinski definition) is 3. The van der Waals surface area contributed by atoms with Gasteiger partial charge >= 0.3 is 0 Å². The Morgan fingerprint density at radius 1 is 1.06 bits per heavy atom. The fourth-order valence-electron chi connectivity index (χ4n) is 1.96. The van der Waals surface area contributed by atoms with Gasteiger partial charge in [-0.2, -0.15) is 0 Å². The van der Waals surface area contributed by atoms with Crippen molar-refractivity contribution in [1.82, 2.24) is 5.43 Å². The van der Waals surface area contributed by atoms with Gasteiger partial charge in [0, 0.05) is 10.9 Å². The van der Waals surface area contributed by atoms with Gasteiger partial charge in [0.05, 0.1) is 0 Å². The van der Waals surface area contributed by atoms with Gasteiger partial charge in [0.1, 0.15) is 0 Å². The molecule has 0 amide bonds. The minimum absolute atomic E-state index is 0.156. The second-order valence-electron chi connectivity index (χ2n) is 4.18. The molecule has 0 radical (unpaired) electrons. The Hall–Kier alpha value is -1.29. The number of thioether (sulfide) groups is 1. The van der Waals surface area contributed by atoms with Crippen LogP contribution in [0.4, 0.5) is 0 Å². The van der Waals surface area contributed by atoms with E-state index in [9.17, 15) is 0 Å². The summed E-state index contributed by atoms with van der Waals surface area (Å²) in [7, 11) is 0. The smallest absolute Gasteiger partial charge is 0.0500 e. The SMILES string of the molecule is CSc1ccc(C(Cc2ccccc2)NN)cc1. The van der Waals surface area contributed by atoms with Crippen LogP contribution >= 0.6 is 11.8 Å². The van der Waals surface area contributed by atoms with Gasteiger partial charge in [-0.15, -0.1) is 11.8 Å². The van der Waals surface area contributed by atoms with E-state index in [1.807, 2.05) is 6.07 Å². The summed E-state index contributed by atoms with van der Waals surface area (Å²) in [5.74, 6) is 5.67. The van der Waals surface area contributed by atoms with Crippen LogP contribution in [0, 0.1) is 0 Å². The summed E-state index contributed by atoms with van der Waals surface area (Å²) >= 11 is 1.75. The Morgan fingerprint density at radius 2 is 1.72 bits per heavy atom. The van der Waals surface area contributed by atoms with E-state index >= 15 is 0 Å². The molecule has 0 aromatic heterocycles. The Kier molecular flexibility index (Phi) is 4.81. The fraction of sp³-hybridized carbons (Fsp3) is 0.200. The van der Waals surface area contributed by atoms with E-state index in [4.69, 9.17) is 5.84 Å². The number of benzene rings is 2. The lowest BCUT2D eigenvalue weighted by atomic mass is 9.99. The number of rotatable bonds is 5. The molecule has 0 saturated heterocycles. The van der Waals surface area contributed by atoms with Crippen LogP contribution in [-0.4, -0.2) is 6.26 Å². The van der Waals surface area contributed by atoms with Crippen LogP contribution in [0.3, 0.4) is 0 Å². The van der Waals surface area contributed by atoms with Crippen LogP contribution in [0.25, 0.3) is 0 Å². The molecule has 2 nitrogen and oxygen atoms in total. The van der Waals surface area contributed by atoms with Gasteiger partial charge in [-0.25, -0.2) is 0 Å². The Bertz CT molecular complexity index is 468. The summed E-state index contributed by atoms with van der Waals surface area (Å²) in [6.07, 6.45) is 2.98. The summed E-state index contributed by atoms with van der Waals surface area (Å²) in [6.45, 7) is 0. The molecule has 3 heteroatoms. The highest BCUT2D eigenvalue weighted by atomic mass is 32.2. The van der Waals surface area contributed by atoms with Crippen LogP contribution in [0.1, 0.15) is 17.2 Å². The monoisotopic (exact) mass is 258 g/mol. The molecule has 0 aliphatic carbocycles. The first-order valence-electron chi connectivity index (χ1n) is 5.97. The van der Waals surface area contributed by atoms with Crippen LogP contribution in [-0.2, 0) is 6.42 Å². The number of nitrogens with one attached hydrogen (secondary N) is 1. The van der Waals surface area contributed by atoms with Gasteiger partial charge in [0.15, 0.2) is 0 Å². The normalized spacial score (nSPS) is 12.3. The Labute approximate surface area is 113 Å². The molecule has 0 aliphatic rings. The molecule has 18 heavy (non-hydrogen) atoms. The quantitative estimate of drug-likeness (QED) is 0.491. The molecule has 3 N–H and O–H groups in total. The lowest BCUT2D eigenvalue weighted by molar-refractivity contribution is 0.551. The molecule has 0 saturated carbocycles. The molecule has 94 valence electrons. The van der Waals surface area contributed by atoms with Gasteiger partial charge < -0.3 is 0 Å². The average molecular weight is 258 g/mol. The van der Waals surface area contributed by atoms with Gasteiger partial charge in [0.25, 0.3) is 0 Å². The first kappa shape index (κ1) is 13.1. The first-order valence-corrected chi connectivity index (χ1v) is 7.20. The van der Waals surface area contributed by atoms with E-state index in [0.29, 0.717) is 0 Å². The molecule has 2 aromatic carbocycles. The molecule has 1 unspecified atom stereocenters. The highest BCUT2D eigenvalue weighted by Crippen LogP contribution is 2.21. The standard InChI is InChI=1S/C15H18N2S/c1-18-14-9-7-13(8-10-14)15(17-16)11-12-5-3-2-4-6-12/h2-10,15,17H,11,16H2,1H3. The largest absolute Gasteiger partial charge is 0.271 e. The summed E-state index contributed by atoms with van der Waals surface area (Å²) < 4.78 is 0. The average Bonchev–Trinajstić information content (AvgIpc) is 2.46. The van der Waals surface area contributed by atoms with Crippen LogP contribution in [0.2, 0.25) is 0 Å². The van der Waals surface area contributed by atoms with Gasteiger partial charge in [-0.05, 0) is 35.9 Å². The third-order valence-electron chi connectivity index (χ3n) is 3.00. The summed E-state index contributed by atoms with van der Waals surface area (Å²) in [4.78, 5) is 1.27. The predicted molar refractivity (Wildman–Crippen MR) is 78.4 cm³/mol. The molecular formula is C15H18N2S. The minimum atomic E-state index is 0.156. The first-order chi connectivity index (χ1) is 8.83. The Balaban J connectivity index is 2.12. The highest BCUT2D eigenvalue weighted by molar-refractivity contribution is 7.98. The van der Waals surface area contributed by atoms with E-state index in [1.165, 1.54) is 16.0 Å². The van der Waals surface area contributed by atoms with Crippen molar-refractivity contribution in [2.75, 3.05) is 6.26 Å².